The summed E-state index contributed by atoms with van der Waals surface area (Å²) in [5.74, 6) is -5.13. The molecule has 0 aliphatic rings. The molecule has 0 saturated carbocycles. The third-order valence-corrected chi connectivity index (χ3v) is 2.72. The second-order valence-corrected chi connectivity index (χ2v) is 6.30. The minimum atomic E-state index is -1.17. The van der Waals surface area contributed by atoms with E-state index in [9.17, 15) is 58.8 Å². The van der Waals surface area contributed by atoms with Crippen LogP contribution < -0.4 is 20.4 Å². The Morgan fingerprint density at radius 1 is 0.364 bits per heavy atom. The maximum atomic E-state index is 10.1. The van der Waals surface area contributed by atoms with Crippen LogP contribution in [0.25, 0.3) is 0 Å². The van der Waals surface area contributed by atoms with E-state index in [1.165, 1.54) is 27.7 Å². The van der Waals surface area contributed by atoms with Crippen molar-refractivity contribution in [3.63, 3.8) is 0 Å². The number of carboxylic acid groups (broad SMARTS) is 4. The van der Waals surface area contributed by atoms with E-state index in [0.29, 0.717) is 0 Å². The second kappa shape index (κ2) is 27.3. The van der Waals surface area contributed by atoms with Gasteiger partial charge in [-0.05, 0) is 53.4 Å². The topological polar surface area (TPSA) is 229 Å². The van der Waals surface area contributed by atoms with Crippen molar-refractivity contribution in [2.75, 3.05) is 0 Å². The first-order chi connectivity index (χ1) is 14.5. The van der Waals surface area contributed by atoms with E-state index in [0.717, 1.165) is 0 Å². The van der Waals surface area contributed by atoms with Gasteiger partial charge in [-0.25, -0.2) is 0 Å². The van der Waals surface area contributed by atoms with Gasteiger partial charge in [0.15, 0.2) is 0 Å². The van der Waals surface area contributed by atoms with Gasteiger partial charge in [-0.2, -0.15) is 0 Å². The normalized spacial score (nSPS) is 8.36. The van der Waals surface area contributed by atoms with E-state index in [1.54, 1.807) is 0 Å². The van der Waals surface area contributed by atoms with Crippen molar-refractivity contribution in [2.24, 2.45) is 0 Å². The molecule has 186 valence electrons. The Morgan fingerprint density at radius 3 is 0.515 bits per heavy atom. The van der Waals surface area contributed by atoms with E-state index in [2.05, 4.69) is 0 Å². The molecule has 0 saturated heterocycles. The summed E-state index contributed by atoms with van der Waals surface area (Å²) < 4.78 is 0. The molecular weight excluding hydrogens is 528 g/mol. The number of hydrogen-bond acceptors (Lipinski definition) is 12. The van der Waals surface area contributed by atoms with E-state index in [1.807, 2.05) is 0 Å². The summed E-state index contributed by atoms with van der Waals surface area (Å²) in [6, 6.07) is 0. The van der Waals surface area contributed by atoms with Crippen LogP contribution in [-0.2, 0) is 59.4 Å². The molecule has 0 atom stereocenters. The van der Waals surface area contributed by atoms with Gasteiger partial charge >= 0.3 is 21.1 Å². The summed E-state index contributed by atoms with van der Waals surface area (Å²) in [6.07, 6.45) is -0.287. The van der Waals surface area contributed by atoms with Gasteiger partial charge in [0.2, 0.25) is 0 Å². The van der Waals surface area contributed by atoms with Gasteiger partial charge in [-0.1, -0.05) is 0 Å². The smallest absolute Gasteiger partial charge is 0.550 e. The fourth-order valence-electron chi connectivity index (χ4n) is 1.11. The summed E-state index contributed by atoms with van der Waals surface area (Å²) in [5, 5.41) is 38.6. The number of rotatable bonds is 12. The van der Waals surface area contributed by atoms with Crippen LogP contribution in [0.4, 0.5) is 0 Å². The standard InChI is InChI=1S/4C5H8O3.Mo/c4*1-4(6)2-3-5(7)8;/h4*2-3H2,1H3,(H,7,8);/q;;;;+4/p-4. The van der Waals surface area contributed by atoms with Crippen molar-refractivity contribution in [1.82, 2.24) is 0 Å². The number of carboxylic acids is 4. The molecule has 13 heteroatoms. The predicted octanol–water partition coefficient (Wildman–Crippen LogP) is -3.58. The van der Waals surface area contributed by atoms with Crippen LogP contribution in [0.1, 0.15) is 79.1 Å². The Balaban J connectivity index is -0.000000105. The second-order valence-electron chi connectivity index (χ2n) is 6.30. The third-order valence-electron chi connectivity index (χ3n) is 2.72. The van der Waals surface area contributed by atoms with Crippen LogP contribution in [0.15, 0.2) is 0 Å². The zero-order valence-corrected chi connectivity index (χ0v) is 21.0. The monoisotopic (exact) mass is 558 g/mol. The van der Waals surface area contributed by atoms with Crippen molar-refractivity contribution in [3.8, 4) is 0 Å². The molecule has 0 spiro atoms. The van der Waals surface area contributed by atoms with Gasteiger partial charge < -0.3 is 58.8 Å². The Hall–Kier alpha value is -2.75. The van der Waals surface area contributed by atoms with Gasteiger partial charge in [0.1, 0.15) is 23.1 Å². The van der Waals surface area contributed by atoms with Gasteiger partial charge in [0.25, 0.3) is 0 Å². The largest absolute Gasteiger partial charge is 4.00 e. The van der Waals surface area contributed by atoms with Crippen molar-refractivity contribution in [3.05, 3.63) is 0 Å². The minimum Gasteiger partial charge on any atom is -0.550 e. The first-order valence-electron chi connectivity index (χ1n) is 9.28. The minimum absolute atomic E-state index is 0. The molecule has 0 N–H and O–H groups in total. The SMILES string of the molecule is CC(=O)CCC(=O)[O-].CC(=O)CCC(=O)[O-].CC(=O)CCC(=O)[O-].CC(=O)CCC(=O)[O-].[Mo+4]. The number of carbonyl (C=O) groups excluding carboxylic acids is 8. The van der Waals surface area contributed by atoms with Crippen LogP contribution in [-0.4, -0.2) is 47.0 Å². The predicted molar refractivity (Wildman–Crippen MR) is 99.7 cm³/mol. The molecule has 0 rings (SSSR count). The molecule has 0 heterocycles. The maximum absolute atomic E-state index is 10.1. The molecule has 0 unspecified atom stereocenters. The van der Waals surface area contributed by atoms with E-state index >= 15 is 0 Å². The number of carbonyl (C=O) groups is 8. The molecule has 0 aliphatic carbocycles. The Labute approximate surface area is 206 Å². The van der Waals surface area contributed by atoms with Crippen molar-refractivity contribution in [2.45, 2.75) is 79.1 Å². The summed E-state index contributed by atoms with van der Waals surface area (Å²) in [7, 11) is 0. The molecule has 0 fully saturated rings. The maximum Gasteiger partial charge on any atom is 4.00 e. The van der Waals surface area contributed by atoms with Crippen LogP contribution in [0.5, 0.6) is 0 Å². The summed E-state index contributed by atoms with van der Waals surface area (Å²) in [6.45, 7) is 5.40. The van der Waals surface area contributed by atoms with Gasteiger partial charge in [-0.3, -0.25) is 0 Å². The number of hydrogen-bond donors (Lipinski definition) is 0. The molecule has 0 aliphatic heterocycles. The molecule has 12 nitrogen and oxygen atoms in total. The van der Waals surface area contributed by atoms with Crippen LogP contribution in [0, 0.1) is 0 Å². The molecule has 0 radical (unpaired) electrons. The van der Waals surface area contributed by atoms with Crippen molar-refractivity contribution < 1.29 is 79.8 Å². The first kappa shape index (κ1) is 40.6. The van der Waals surface area contributed by atoms with Gasteiger partial charge in [0.05, 0.1) is 0 Å². The molecule has 0 aromatic carbocycles. The Kier molecular flexibility index (Phi) is 33.6. The van der Waals surface area contributed by atoms with Crippen molar-refractivity contribution >= 4 is 47.0 Å². The molecule has 0 bridgehead atoms. The Morgan fingerprint density at radius 2 is 0.485 bits per heavy atom. The van der Waals surface area contributed by atoms with Crippen molar-refractivity contribution in [1.29, 1.82) is 0 Å². The first-order valence-corrected chi connectivity index (χ1v) is 9.28. The number of ketones is 4. The molecule has 0 aromatic heterocycles. The molecule has 33 heavy (non-hydrogen) atoms. The molecule has 0 aromatic rings. The average Bonchev–Trinajstić information content (AvgIpc) is 2.63. The average molecular weight is 556 g/mol. The van der Waals surface area contributed by atoms with Crippen LogP contribution in [0.2, 0.25) is 0 Å². The molecule has 0 amide bonds. The zero-order valence-electron chi connectivity index (χ0n) is 19.0. The fraction of sp³-hybridized carbons (Fsp3) is 0.600. The zero-order chi connectivity index (χ0) is 26.3. The van der Waals surface area contributed by atoms with E-state index < -0.39 is 23.9 Å². The quantitative estimate of drug-likeness (QED) is 0.213. The summed E-state index contributed by atoms with van der Waals surface area (Å²) in [4.78, 5) is 78.8. The van der Waals surface area contributed by atoms with Gasteiger partial charge in [-0.15, -0.1) is 0 Å². The van der Waals surface area contributed by atoms with E-state index in [-0.39, 0.29) is 95.6 Å². The summed E-state index contributed by atoms with van der Waals surface area (Å²) in [5.41, 5.74) is 0. The summed E-state index contributed by atoms with van der Waals surface area (Å²) >= 11 is 0. The fourth-order valence-corrected chi connectivity index (χ4v) is 1.11. The van der Waals surface area contributed by atoms with Crippen LogP contribution in [0.3, 0.4) is 0 Å². The van der Waals surface area contributed by atoms with E-state index in [4.69, 9.17) is 0 Å². The van der Waals surface area contributed by atoms with Gasteiger partial charge in [0, 0.05) is 49.6 Å². The number of Topliss-reactive ketones (excluding diaryl/α,β-unsaturated/α-hetero) is 4. The third kappa shape index (κ3) is 73.0. The Bertz CT molecular complexity index is 487. The molecular formula is C20H28MoO12. The van der Waals surface area contributed by atoms with Crippen LogP contribution >= 0.6 is 0 Å². The number of aliphatic carboxylic acids is 4.